The SMILES string of the molecule is CC(CNc1ccc(F)c(C(N)=O)c1)C(C)(C)C. The van der Waals surface area contributed by atoms with Gasteiger partial charge in [-0.25, -0.2) is 4.39 Å². The molecule has 0 aliphatic heterocycles. The van der Waals surface area contributed by atoms with Gasteiger partial charge in [0.1, 0.15) is 5.82 Å². The topological polar surface area (TPSA) is 55.1 Å². The maximum atomic E-state index is 13.3. The van der Waals surface area contributed by atoms with Gasteiger partial charge < -0.3 is 11.1 Å². The van der Waals surface area contributed by atoms with E-state index in [9.17, 15) is 9.18 Å². The molecule has 0 spiro atoms. The van der Waals surface area contributed by atoms with E-state index in [-0.39, 0.29) is 11.0 Å². The Labute approximate surface area is 108 Å². The van der Waals surface area contributed by atoms with Gasteiger partial charge in [0, 0.05) is 12.2 Å². The fourth-order valence-corrected chi connectivity index (χ4v) is 1.40. The number of carbonyl (C=O) groups excluding carboxylic acids is 1. The zero-order valence-corrected chi connectivity index (χ0v) is 11.4. The molecule has 3 nitrogen and oxygen atoms in total. The van der Waals surface area contributed by atoms with Gasteiger partial charge in [0.15, 0.2) is 0 Å². The average molecular weight is 252 g/mol. The minimum atomic E-state index is -0.750. The van der Waals surface area contributed by atoms with Gasteiger partial charge in [-0.2, -0.15) is 0 Å². The predicted molar refractivity (Wildman–Crippen MR) is 72.0 cm³/mol. The van der Waals surface area contributed by atoms with E-state index in [1.54, 1.807) is 6.07 Å². The summed E-state index contributed by atoms with van der Waals surface area (Å²) in [6.07, 6.45) is 0. The lowest BCUT2D eigenvalue weighted by molar-refractivity contribution is 0.0996. The second-order valence-corrected chi connectivity index (χ2v) is 5.71. The Balaban J connectivity index is 2.75. The normalized spacial score (nSPS) is 13.2. The number of nitrogens with two attached hydrogens (primary N) is 1. The van der Waals surface area contributed by atoms with Crippen LogP contribution in [-0.2, 0) is 0 Å². The molecule has 1 rings (SSSR count). The molecule has 0 fully saturated rings. The van der Waals surface area contributed by atoms with Crippen LogP contribution in [0.5, 0.6) is 0 Å². The predicted octanol–water partition coefficient (Wildman–Crippen LogP) is 3.02. The summed E-state index contributed by atoms with van der Waals surface area (Å²) in [6.45, 7) is 9.40. The van der Waals surface area contributed by atoms with Crippen LogP contribution in [0.1, 0.15) is 38.1 Å². The first-order valence-corrected chi connectivity index (χ1v) is 6.05. The van der Waals surface area contributed by atoms with Crippen LogP contribution < -0.4 is 11.1 Å². The molecular weight excluding hydrogens is 231 g/mol. The van der Waals surface area contributed by atoms with Crippen LogP contribution in [0.25, 0.3) is 0 Å². The molecule has 100 valence electrons. The number of benzene rings is 1. The van der Waals surface area contributed by atoms with E-state index in [0.717, 1.165) is 6.54 Å². The summed E-state index contributed by atoms with van der Waals surface area (Å²) in [7, 11) is 0. The molecule has 1 aromatic rings. The first kappa shape index (κ1) is 14.5. The van der Waals surface area contributed by atoms with Crippen molar-refractivity contribution >= 4 is 11.6 Å². The zero-order chi connectivity index (χ0) is 13.9. The van der Waals surface area contributed by atoms with Gasteiger partial charge >= 0.3 is 0 Å². The second-order valence-electron chi connectivity index (χ2n) is 5.71. The summed E-state index contributed by atoms with van der Waals surface area (Å²) in [5.41, 5.74) is 5.93. The number of primary amides is 1. The van der Waals surface area contributed by atoms with Crippen molar-refractivity contribution in [3.8, 4) is 0 Å². The Kier molecular flexibility index (Phi) is 4.33. The van der Waals surface area contributed by atoms with E-state index >= 15 is 0 Å². The lowest BCUT2D eigenvalue weighted by atomic mass is 9.82. The lowest BCUT2D eigenvalue weighted by Gasteiger charge is -2.27. The molecule has 0 aromatic heterocycles. The molecule has 0 aliphatic carbocycles. The highest BCUT2D eigenvalue weighted by Gasteiger charge is 2.19. The summed E-state index contributed by atoms with van der Waals surface area (Å²) in [5.74, 6) is -0.892. The minimum absolute atomic E-state index is 0.0802. The van der Waals surface area contributed by atoms with Gasteiger partial charge in [0.2, 0.25) is 0 Å². The Morgan fingerprint density at radius 3 is 2.56 bits per heavy atom. The van der Waals surface area contributed by atoms with Crippen LogP contribution in [0, 0.1) is 17.2 Å². The van der Waals surface area contributed by atoms with Crippen molar-refractivity contribution < 1.29 is 9.18 Å². The molecule has 0 heterocycles. The minimum Gasteiger partial charge on any atom is -0.385 e. The molecule has 18 heavy (non-hydrogen) atoms. The van der Waals surface area contributed by atoms with Gasteiger partial charge in [-0.3, -0.25) is 4.79 Å². The summed E-state index contributed by atoms with van der Waals surface area (Å²) >= 11 is 0. The quantitative estimate of drug-likeness (QED) is 0.865. The van der Waals surface area contributed by atoms with Crippen molar-refractivity contribution in [2.45, 2.75) is 27.7 Å². The molecule has 3 N–H and O–H groups in total. The molecule has 1 unspecified atom stereocenters. The van der Waals surface area contributed by atoms with Gasteiger partial charge in [-0.1, -0.05) is 27.7 Å². The Morgan fingerprint density at radius 2 is 2.06 bits per heavy atom. The van der Waals surface area contributed by atoms with Crippen molar-refractivity contribution in [1.29, 1.82) is 0 Å². The summed E-state index contributed by atoms with van der Waals surface area (Å²) in [6, 6.07) is 4.31. The third kappa shape index (κ3) is 3.72. The van der Waals surface area contributed by atoms with Crippen LogP contribution in [0.3, 0.4) is 0 Å². The van der Waals surface area contributed by atoms with Crippen LogP contribution in [0.2, 0.25) is 0 Å². The number of hydrogen-bond acceptors (Lipinski definition) is 2. The van der Waals surface area contributed by atoms with E-state index in [1.165, 1.54) is 12.1 Å². The number of nitrogens with one attached hydrogen (secondary N) is 1. The Hall–Kier alpha value is -1.58. The van der Waals surface area contributed by atoms with Gasteiger partial charge in [-0.05, 0) is 29.5 Å². The average Bonchev–Trinajstić information content (AvgIpc) is 2.25. The fraction of sp³-hybridized carbons (Fsp3) is 0.500. The van der Waals surface area contributed by atoms with Gasteiger partial charge in [-0.15, -0.1) is 0 Å². The van der Waals surface area contributed by atoms with Crippen LogP contribution in [-0.4, -0.2) is 12.5 Å². The second kappa shape index (κ2) is 5.38. The molecule has 1 aromatic carbocycles. The first-order chi connectivity index (χ1) is 8.21. The maximum absolute atomic E-state index is 13.3. The number of anilines is 1. The number of amides is 1. The van der Waals surface area contributed by atoms with Crippen molar-refractivity contribution in [3.63, 3.8) is 0 Å². The van der Waals surface area contributed by atoms with Crippen molar-refractivity contribution in [3.05, 3.63) is 29.6 Å². The van der Waals surface area contributed by atoms with Gasteiger partial charge in [0.25, 0.3) is 5.91 Å². The Bertz CT molecular complexity index is 438. The molecule has 1 atom stereocenters. The van der Waals surface area contributed by atoms with Crippen LogP contribution in [0.4, 0.5) is 10.1 Å². The van der Waals surface area contributed by atoms with E-state index in [2.05, 4.69) is 33.0 Å². The monoisotopic (exact) mass is 252 g/mol. The number of halogens is 1. The van der Waals surface area contributed by atoms with Crippen molar-refractivity contribution in [1.82, 2.24) is 0 Å². The standard InChI is InChI=1S/C14H21FN2O/c1-9(14(2,3)4)8-17-10-5-6-12(15)11(7-10)13(16)18/h5-7,9,17H,8H2,1-4H3,(H2,16,18). The summed E-state index contributed by atoms with van der Waals surface area (Å²) in [4.78, 5) is 11.0. The number of carbonyl (C=O) groups is 1. The molecule has 0 aliphatic rings. The van der Waals surface area contributed by atoms with E-state index in [0.29, 0.717) is 11.6 Å². The highest BCUT2D eigenvalue weighted by Crippen LogP contribution is 2.25. The molecule has 0 bridgehead atoms. The molecular formula is C14H21FN2O. The summed E-state index contributed by atoms with van der Waals surface area (Å²) < 4.78 is 13.3. The molecule has 4 heteroatoms. The summed E-state index contributed by atoms with van der Waals surface area (Å²) in [5, 5.41) is 3.20. The van der Waals surface area contributed by atoms with Gasteiger partial charge in [0.05, 0.1) is 5.56 Å². The third-order valence-corrected chi connectivity index (χ3v) is 3.32. The first-order valence-electron chi connectivity index (χ1n) is 6.05. The highest BCUT2D eigenvalue weighted by molar-refractivity contribution is 5.94. The zero-order valence-electron chi connectivity index (χ0n) is 11.4. The lowest BCUT2D eigenvalue weighted by Crippen LogP contribution is -2.25. The largest absolute Gasteiger partial charge is 0.385 e. The molecule has 1 amide bonds. The smallest absolute Gasteiger partial charge is 0.251 e. The molecule has 0 saturated carbocycles. The molecule has 0 saturated heterocycles. The van der Waals surface area contributed by atoms with E-state index in [4.69, 9.17) is 5.73 Å². The van der Waals surface area contributed by atoms with Crippen LogP contribution >= 0.6 is 0 Å². The maximum Gasteiger partial charge on any atom is 0.251 e. The van der Waals surface area contributed by atoms with Crippen molar-refractivity contribution in [2.24, 2.45) is 17.1 Å². The van der Waals surface area contributed by atoms with Crippen molar-refractivity contribution in [2.75, 3.05) is 11.9 Å². The van der Waals surface area contributed by atoms with Crippen LogP contribution in [0.15, 0.2) is 18.2 Å². The molecule has 0 radical (unpaired) electrons. The highest BCUT2D eigenvalue weighted by atomic mass is 19.1. The third-order valence-electron chi connectivity index (χ3n) is 3.32. The van der Waals surface area contributed by atoms with E-state index in [1.807, 2.05) is 0 Å². The fourth-order valence-electron chi connectivity index (χ4n) is 1.40. The Morgan fingerprint density at radius 1 is 1.44 bits per heavy atom. The van der Waals surface area contributed by atoms with E-state index < -0.39 is 11.7 Å². The number of rotatable bonds is 4. The number of hydrogen-bond donors (Lipinski definition) is 2.